The molecule has 0 aliphatic rings. The van der Waals surface area contributed by atoms with Gasteiger partial charge < -0.3 is 23.8 Å². The number of ether oxygens (including phenoxy) is 3. The minimum absolute atomic E-state index is 0.0496. The molecular weight excluding hydrogens is 847 g/mol. The number of likely N-dealkylation sites (N-methyl/N-ethyl adjacent to an activating group) is 1. The molecule has 8 nitrogen and oxygen atoms in total. The summed E-state index contributed by atoms with van der Waals surface area (Å²) < 4.78 is 17.4. The Morgan fingerprint density at radius 3 is 1.22 bits per heavy atom. The van der Waals surface area contributed by atoms with Crippen LogP contribution in [0.4, 0.5) is 0 Å². The van der Waals surface area contributed by atoms with Gasteiger partial charge in [-0.2, -0.15) is 0 Å². The van der Waals surface area contributed by atoms with E-state index in [4.69, 9.17) is 14.2 Å². The third-order valence-corrected chi connectivity index (χ3v) is 13.0. The molecule has 0 aromatic carbocycles. The van der Waals surface area contributed by atoms with Crippen LogP contribution in [0, 0.1) is 0 Å². The van der Waals surface area contributed by atoms with Crippen molar-refractivity contribution in [3.05, 3.63) is 48.6 Å². The van der Waals surface area contributed by atoms with Crippen molar-refractivity contribution in [3.8, 4) is 0 Å². The van der Waals surface area contributed by atoms with Gasteiger partial charge in [-0.05, 0) is 51.4 Å². The highest BCUT2D eigenvalue weighted by Crippen LogP contribution is 2.17. The molecule has 1 N–H and O–H groups in total. The highest BCUT2D eigenvalue weighted by atomic mass is 16.6. The zero-order chi connectivity index (χ0) is 49.9. The van der Waals surface area contributed by atoms with E-state index in [1.54, 1.807) is 0 Å². The molecule has 2 atom stereocenters. The number of carboxylic acids is 1. The first kappa shape index (κ1) is 65.3. The molecule has 0 fully saturated rings. The number of allylic oxidation sites excluding steroid dienone is 8. The van der Waals surface area contributed by atoms with Gasteiger partial charge in [0.15, 0.2) is 12.1 Å². The molecule has 0 saturated heterocycles. The van der Waals surface area contributed by atoms with Gasteiger partial charge in [-0.25, -0.2) is 4.79 Å². The molecule has 0 aliphatic heterocycles. The third kappa shape index (κ3) is 48.3. The van der Waals surface area contributed by atoms with Gasteiger partial charge >= 0.3 is 17.9 Å². The SMILES string of the molecule is CC/C=C/C/C=C/C/C=C/C/C=C/CCCCCCCCCCCCC(=O)OC(COCCC(C(=O)O)[N+](C)(C)C)COC(=O)CCCCCCCCCCCCCCCCCCCCCCC. The normalized spacial score (nSPS) is 13.1. The van der Waals surface area contributed by atoms with E-state index in [-0.39, 0.29) is 36.2 Å². The lowest BCUT2D eigenvalue weighted by Crippen LogP contribution is -2.50. The first-order valence-electron chi connectivity index (χ1n) is 28.7. The minimum atomic E-state index is -0.873. The maximum Gasteiger partial charge on any atom is 0.362 e. The van der Waals surface area contributed by atoms with Gasteiger partial charge in [0.25, 0.3) is 0 Å². The Hall–Kier alpha value is -2.71. The Bertz CT molecular complexity index is 1250. The summed E-state index contributed by atoms with van der Waals surface area (Å²) in [5, 5.41) is 9.68. The second-order valence-corrected chi connectivity index (χ2v) is 20.5. The number of aliphatic carboxylic acids is 1. The molecule has 2 unspecified atom stereocenters. The molecule has 0 aromatic rings. The second kappa shape index (κ2) is 50.7. The monoisotopic (exact) mass is 957 g/mol. The molecular formula is C60H110NO7+. The van der Waals surface area contributed by atoms with Crippen molar-refractivity contribution in [3.63, 3.8) is 0 Å². The molecule has 0 saturated carbocycles. The van der Waals surface area contributed by atoms with E-state index in [0.717, 1.165) is 64.2 Å². The molecule has 0 amide bonds. The molecule has 8 heteroatoms. The van der Waals surface area contributed by atoms with Crippen molar-refractivity contribution in [2.45, 2.75) is 276 Å². The number of unbranched alkanes of at least 4 members (excludes halogenated alkanes) is 30. The van der Waals surface area contributed by atoms with E-state index < -0.39 is 18.1 Å². The fourth-order valence-electron chi connectivity index (χ4n) is 8.62. The van der Waals surface area contributed by atoms with Gasteiger partial charge in [-0.15, -0.1) is 0 Å². The van der Waals surface area contributed by atoms with Gasteiger partial charge in [0, 0.05) is 19.3 Å². The molecule has 0 bridgehead atoms. The molecule has 68 heavy (non-hydrogen) atoms. The molecule has 0 aromatic heterocycles. The van der Waals surface area contributed by atoms with E-state index in [1.807, 2.05) is 21.1 Å². The number of hydrogen-bond donors (Lipinski definition) is 1. The molecule has 0 aliphatic carbocycles. The van der Waals surface area contributed by atoms with Crippen molar-refractivity contribution in [2.75, 3.05) is 41.0 Å². The quantitative estimate of drug-likeness (QED) is 0.0281. The summed E-state index contributed by atoms with van der Waals surface area (Å²) >= 11 is 0. The molecule has 0 heterocycles. The second-order valence-electron chi connectivity index (χ2n) is 20.5. The zero-order valence-corrected chi connectivity index (χ0v) is 45.3. The van der Waals surface area contributed by atoms with Crippen LogP contribution >= 0.6 is 0 Å². The Kier molecular flexibility index (Phi) is 48.7. The third-order valence-electron chi connectivity index (χ3n) is 13.0. The van der Waals surface area contributed by atoms with Gasteiger partial charge in [-0.3, -0.25) is 9.59 Å². The molecule has 396 valence electrons. The Labute approximate surface area is 420 Å². The standard InChI is InChI=1S/C60H109NO7/c1-6-8-10-12-14-16-18-20-22-24-26-28-29-31-33-35-37-39-41-43-45-47-49-51-59(63)68-56(54-66-53-52-57(60(64)65)61(3,4)5)55-67-58(62)50-48-46-44-42-40-38-36-34-32-30-27-25-23-21-19-17-15-13-11-9-7-2/h8,10,14,16,20,22,26,28,56-57H,6-7,9,11-13,15,17-19,21,23-25,27,29-55H2,1-5H3/p+1/b10-8+,16-14+,22-20+,28-26+. The van der Waals surface area contributed by atoms with E-state index in [0.29, 0.717) is 19.3 Å². The van der Waals surface area contributed by atoms with Crippen LogP contribution in [0.2, 0.25) is 0 Å². The number of carbonyl (C=O) groups excluding carboxylic acids is 2. The Balaban J connectivity index is 4.16. The summed E-state index contributed by atoms with van der Waals surface area (Å²) in [6.45, 7) is 4.67. The lowest BCUT2D eigenvalue weighted by molar-refractivity contribution is -0.887. The topological polar surface area (TPSA) is 99.1 Å². The number of carboxylic acid groups (broad SMARTS) is 1. The molecule has 0 spiro atoms. The first-order valence-corrected chi connectivity index (χ1v) is 28.7. The van der Waals surface area contributed by atoms with Crippen LogP contribution in [0.15, 0.2) is 48.6 Å². The zero-order valence-electron chi connectivity index (χ0n) is 45.3. The number of nitrogens with zero attached hydrogens (tertiary/aromatic N) is 1. The van der Waals surface area contributed by atoms with Crippen molar-refractivity contribution >= 4 is 17.9 Å². The lowest BCUT2D eigenvalue weighted by atomic mass is 10.0. The Morgan fingerprint density at radius 1 is 0.456 bits per heavy atom. The fraction of sp³-hybridized carbons (Fsp3) is 0.817. The highest BCUT2D eigenvalue weighted by molar-refractivity contribution is 5.72. The Morgan fingerprint density at radius 2 is 0.824 bits per heavy atom. The van der Waals surface area contributed by atoms with E-state index >= 15 is 0 Å². The predicted octanol–water partition coefficient (Wildman–Crippen LogP) is 17.1. The number of carbonyl (C=O) groups is 3. The number of rotatable bonds is 52. The summed E-state index contributed by atoms with van der Waals surface area (Å²) in [6, 6.07) is -0.616. The summed E-state index contributed by atoms with van der Waals surface area (Å²) in [4.78, 5) is 37.3. The smallest absolute Gasteiger partial charge is 0.362 e. The van der Waals surface area contributed by atoms with Gasteiger partial charge in [0.1, 0.15) is 6.61 Å². The van der Waals surface area contributed by atoms with Crippen molar-refractivity contribution in [2.24, 2.45) is 0 Å². The summed E-state index contributed by atoms with van der Waals surface area (Å²) in [5.41, 5.74) is 0. The van der Waals surface area contributed by atoms with Gasteiger partial charge in [-0.1, -0.05) is 242 Å². The van der Waals surface area contributed by atoms with Gasteiger partial charge in [0.2, 0.25) is 0 Å². The van der Waals surface area contributed by atoms with Crippen LogP contribution in [0.5, 0.6) is 0 Å². The summed E-state index contributed by atoms with van der Waals surface area (Å²) in [7, 11) is 5.55. The minimum Gasteiger partial charge on any atom is -0.477 e. The predicted molar refractivity (Wildman–Crippen MR) is 289 cm³/mol. The average molecular weight is 958 g/mol. The first-order chi connectivity index (χ1) is 33.1. The van der Waals surface area contributed by atoms with Gasteiger partial charge in [0.05, 0.1) is 34.4 Å². The van der Waals surface area contributed by atoms with Crippen LogP contribution in [0.25, 0.3) is 0 Å². The fourth-order valence-corrected chi connectivity index (χ4v) is 8.62. The highest BCUT2D eigenvalue weighted by Gasteiger charge is 2.31. The van der Waals surface area contributed by atoms with E-state index in [1.165, 1.54) is 167 Å². The number of hydrogen-bond acceptors (Lipinski definition) is 6. The maximum absolute atomic E-state index is 12.8. The van der Waals surface area contributed by atoms with Crippen molar-refractivity contribution < 1.29 is 38.2 Å². The molecule has 0 radical (unpaired) electrons. The van der Waals surface area contributed by atoms with Crippen LogP contribution in [-0.4, -0.2) is 80.6 Å². The van der Waals surface area contributed by atoms with Crippen LogP contribution in [-0.2, 0) is 28.6 Å². The number of quaternary nitrogens is 1. The van der Waals surface area contributed by atoms with Crippen LogP contribution < -0.4 is 0 Å². The van der Waals surface area contributed by atoms with Crippen molar-refractivity contribution in [1.82, 2.24) is 0 Å². The average Bonchev–Trinajstić information content (AvgIpc) is 3.30. The van der Waals surface area contributed by atoms with Crippen molar-refractivity contribution in [1.29, 1.82) is 0 Å². The maximum atomic E-state index is 12.8. The van der Waals surface area contributed by atoms with Crippen LogP contribution in [0.1, 0.15) is 264 Å². The van der Waals surface area contributed by atoms with E-state index in [2.05, 4.69) is 62.5 Å². The molecule has 0 rings (SSSR count). The summed E-state index contributed by atoms with van der Waals surface area (Å²) in [5.74, 6) is -1.46. The summed E-state index contributed by atoms with van der Waals surface area (Å²) in [6.07, 6.45) is 63.1. The van der Waals surface area contributed by atoms with Crippen LogP contribution in [0.3, 0.4) is 0 Å². The van der Waals surface area contributed by atoms with E-state index in [9.17, 15) is 19.5 Å². The lowest BCUT2D eigenvalue weighted by Gasteiger charge is -2.31. The largest absolute Gasteiger partial charge is 0.477 e. The number of esters is 2.